The number of thiazole rings is 1. The topological polar surface area (TPSA) is 37.3 Å². The number of amidine groups is 1. The van der Waals surface area contributed by atoms with Crippen molar-refractivity contribution in [1.82, 2.24) is 10.3 Å². The summed E-state index contributed by atoms with van der Waals surface area (Å²) in [6.07, 6.45) is 2.85. The lowest BCUT2D eigenvalue weighted by molar-refractivity contribution is 0.621. The van der Waals surface area contributed by atoms with Crippen LogP contribution in [0.1, 0.15) is 18.9 Å². The van der Waals surface area contributed by atoms with E-state index >= 15 is 0 Å². The van der Waals surface area contributed by atoms with E-state index in [-0.39, 0.29) is 0 Å². The largest absolute Gasteiger partial charge is 0.364 e. The van der Waals surface area contributed by atoms with Gasteiger partial charge in [-0.3, -0.25) is 4.99 Å². The molecule has 88 valence electrons. The van der Waals surface area contributed by atoms with Crippen LogP contribution in [0.3, 0.4) is 0 Å². The number of rotatable bonds is 4. The summed E-state index contributed by atoms with van der Waals surface area (Å²) in [6, 6.07) is 0. The van der Waals surface area contributed by atoms with E-state index in [1.807, 2.05) is 23.3 Å². The van der Waals surface area contributed by atoms with E-state index in [2.05, 4.69) is 29.1 Å². The van der Waals surface area contributed by atoms with Crippen LogP contribution in [0.5, 0.6) is 0 Å². The summed E-state index contributed by atoms with van der Waals surface area (Å²) in [7, 11) is 0. The third-order valence-corrected chi connectivity index (χ3v) is 4.85. The predicted octanol–water partition coefficient (Wildman–Crippen LogP) is 2.40. The van der Waals surface area contributed by atoms with Crippen LogP contribution in [-0.2, 0) is 6.42 Å². The Morgan fingerprint density at radius 1 is 1.56 bits per heavy atom. The summed E-state index contributed by atoms with van der Waals surface area (Å²) in [5, 5.41) is 8.36. The van der Waals surface area contributed by atoms with E-state index in [4.69, 9.17) is 0 Å². The Hall–Kier alpha value is -0.550. The van der Waals surface area contributed by atoms with Gasteiger partial charge in [0.15, 0.2) is 5.17 Å². The lowest BCUT2D eigenvalue weighted by Crippen LogP contribution is -2.22. The number of hydrogen-bond acceptors (Lipinski definition) is 5. The van der Waals surface area contributed by atoms with Crippen LogP contribution in [0.15, 0.2) is 16.6 Å². The summed E-state index contributed by atoms with van der Waals surface area (Å²) in [5.41, 5.74) is 0. The highest BCUT2D eigenvalue weighted by Gasteiger charge is 2.21. The first-order chi connectivity index (χ1) is 7.75. The molecule has 3 nitrogen and oxygen atoms in total. The van der Waals surface area contributed by atoms with Crippen molar-refractivity contribution in [2.24, 2.45) is 10.9 Å². The molecular formula is C11H17N3S2. The van der Waals surface area contributed by atoms with Crippen molar-refractivity contribution in [3.63, 3.8) is 0 Å². The molecular weight excluding hydrogens is 238 g/mol. The number of thioether (sulfide) groups is 1. The second kappa shape index (κ2) is 5.68. The molecule has 0 aromatic carbocycles. The Labute approximate surface area is 105 Å². The molecule has 2 rings (SSSR count). The van der Waals surface area contributed by atoms with Gasteiger partial charge in [0.05, 0.1) is 11.6 Å². The molecule has 0 amide bonds. The van der Waals surface area contributed by atoms with Crippen molar-refractivity contribution in [3.05, 3.63) is 16.6 Å². The van der Waals surface area contributed by atoms with Crippen molar-refractivity contribution in [3.8, 4) is 0 Å². The van der Waals surface area contributed by atoms with Crippen molar-refractivity contribution in [2.75, 3.05) is 13.1 Å². The number of aliphatic imine (C=N–C) groups is 1. The molecule has 1 N–H and O–H groups in total. The van der Waals surface area contributed by atoms with Gasteiger partial charge in [-0.05, 0) is 5.92 Å². The third kappa shape index (κ3) is 3.22. The minimum absolute atomic E-state index is 0.655. The van der Waals surface area contributed by atoms with Crippen LogP contribution in [0, 0.1) is 5.92 Å². The molecule has 1 aliphatic heterocycles. The highest BCUT2D eigenvalue weighted by atomic mass is 32.2. The number of aromatic nitrogens is 1. The van der Waals surface area contributed by atoms with Gasteiger partial charge in [0.2, 0.25) is 0 Å². The molecule has 0 bridgehead atoms. The maximum atomic E-state index is 4.51. The molecule has 0 spiro atoms. The van der Waals surface area contributed by atoms with E-state index in [1.54, 1.807) is 11.3 Å². The van der Waals surface area contributed by atoms with Crippen molar-refractivity contribution in [2.45, 2.75) is 25.5 Å². The lowest BCUT2D eigenvalue weighted by Gasteiger charge is -2.11. The summed E-state index contributed by atoms with van der Waals surface area (Å²) in [4.78, 5) is 8.76. The quantitative estimate of drug-likeness (QED) is 0.897. The monoisotopic (exact) mass is 255 g/mol. The molecule has 0 saturated heterocycles. The maximum Gasteiger partial charge on any atom is 0.156 e. The highest BCUT2D eigenvalue weighted by Crippen LogP contribution is 2.25. The maximum absolute atomic E-state index is 4.51. The van der Waals surface area contributed by atoms with Gasteiger partial charge in [0.1, 0.15) is 0 Å². The van der Waals surface area contributed by atoms with E-state index in [1.165, 1.54) is 5.01 Å². The second-order valence-electron chi connectivity index (χ2n) is 4.15. The van der Waals surface area contributed by atoms with Crippen molar-refractivity contribution >= 4 is 28.3 Å². The van der Waals surface area contributed by atoms with E-state index in [0.29, 0.717) is 11.2 Å². The standard InChI is InChI=1S/C11H17N3S2/c1-8(2)9-7-14-11(16-9)13-4-3-10-12-5-6-15-10/h5-6,8-9H,3-4,7H2,1-2H3,(H,13,14). The van der Waals surface area contributed by atoms with E-state index < -0.39 is 0 Å². The Morgan fingerprint density at radius 3 is 3.06 bits per heavy atom. The van der Waals surface area contributed by atoms with Gasteiger partial charge in [-0.2, -0.15) is 0 Å². The summed E-state index contributed by atoms with van der Waals surface area (Å²) in [5.74, 6) is 0.701. The first-order valence-electron chi connectivity index (χ1n) is 5.59. The van der Waals surface area contributed by atoms with Crippen LogP contribution >= 0.6 is 23.1 Å². The van der Waals surface area contributed by atoms with Gasteiger partial charge < -0.3 is 5.32 Å². The summed E-state index contributed by atoms with van der Waals surface area (Å²) in [6.45, 7) is 6.41. The van der Waals surface area contributed by atoms with Gasteiger partial charge in [0.25, 0.3) is 0 Å². The van der Waals surface area contributed by atoms with Crippen LogP contribution in [0.2, 0.25) is 0 Å². The minimum atomic E-state index is 0.655. The minimum Gasteiger partial charge on any atom is -0.364 e. The molecule has 5 heteroatoms. The third-order valence-electron chi connectivity index (χ3n) is 2.52. The number of hydrogen-bond donors (Lipinski definition) is 1. The molecule has 1 aromatic rings. The molecule has 0 fully saturated rings. The SMILES string of the molecule is CC(C)C1CN=C(NCCc2nccs2)S1. The van der Waals surface area contributed by atoms with Gasteiger partial charge >= 0.3 is 0 Å². The normalized spacial score (nSPS) is 20.2. The number of nitrogens with one attached hydrogen (secondary N) is 1. The lowest BCUT2D eigenvalue weighted by atomic mass is 10.1. The smallest absolute Gasteiger partial charge is 0.156 e. The van der Waals surface area contributed by atoms with Gasteiger partial charge in [0, 0.05) is 29.8 Å². The van der Waals surface area contributed by atoms with Gasteiger partial charge in [-0.1, -0.05) is 25.6 Å². The van der Waals surface area contributed by atoms with E-state index in [0.717, 1.165) is 24.7 Å². The molecule has 0 radical (unpaired) electrons. The fraction of sp³-hybridized carbons (Fsp3) is 0.636. The van der Waals surface area contributed by atoms with Crippen LogP contribution in [0.4, 0.5) is 0 Å². The van der Waals surface area contributed by atoms with Crippen molar-refractivity contribution in [1.29, 1.82) is 0 Å². The molecule has 0 aliphatic carbocycles. The Kier molecular flexibility index (Phi) is 4.23. The van der Waals surface area contributed by atoms with Gasteiger partial charge in [-0.25, -0.2) is 4.98 Å². The molecule has 0 saturated carbocycles. The molecule has 1 unspecified atom stereocenters. The fourth-order valence-corrected chi connectivity index (χ4v) is 3.15. The van der Waals surface area contributed by atoms with Crippen LogP contribution in [0.25, 0.3) is 0 Å². The average molecular weight is 255 g/mol. The summed E-state index contributed by atoms with van der Waals surface area (Å²) < 4.78 is 0. The number of nitrogens with zero attached hydrogens (tertiary/aromatic N) is 2. The first-order valence-corrected chi connectivity index (χ1v) is 7.35. The fourth-order valence-electron chi connectivity index (χ4n) is 1.49. The molecule has 1 aliphatic rings. The zero-order valence-electron chi connectivity index (χ0n) is 9.64. The van der Waals surface area contributed by atoms with Crippen LogP contribution in [-0.4, -0.2) is 28.5 Å². The zero-order chi connectivity index (χ0) is 11.4. The Balaban J connectivity index is 1.68. The average Bonchev–Trinajstić information content (AvgIpc) is 2.87. The van der Waals surface area contributed by atoms with Gasteiger partial charge in [-0.15, -0.1) is 11.3 Å². The Morgan fingerprint density at radius 2 is 2.44 bits per heavy atom. The van der Waals surface area contributed by atoms with Crippen LogP contribution < -0.4 is 5.32 Å². The Bertz CT molecular complexity index is 346. The molecule has 2 heterocycles. The zero-order valence-corrected chi connectivity index (χ0v) is 11.3. The predicted molar refractivity (Wildman–Crippen MR) is 72.3 cm³/mol. The molecule has 1 atom stereocenters. The molecule has 16 heavy (non-hydrogen) atoms. The van der Waals surface area contributed by atoms with E-state index in [9.17, 15) is 0 Å². The van der Waals surface area contributed by atoms with Crippen molar-refractivity contribution < 1.29 is 0 Å². The first kappa shape index (κ1) is 11.9. The summed E-state index contributed by atoms with van der Waals surface area (Å²) >= 11 is 3.59. The molecule has 1 aromatic heterocycles. The second-order valence-corrected chi connectivity index (χ2v) is 6.36. The highest BCUT2D eigenvalue weighted by molar-refractivity contribution is 8.14.